The number of carbonyl (C=O) groups excluding carboxylic acids is 1. The first kappa shape index (κ1) is 14.0. The second-order valence-corrected chi connectivity index (χ2v) is 4.91. The largest absolute Gasteiger partial charge is 0.381 e. The van der Waals surface area contributed by atoms with Crippen molar-refractivity contribution < 1.29 is 13.9 Å². The highest BCUT2D eigenvalue weighted by molar-refractivity contribution is 5.79. The van der Waals surface area contributed by atoms with Crippen molar-refractivity contribution in [3.05, 3.63) is 35.6 Å². The maximum Gasteiger partial charge on any atom is 0.225 e. The molecule has 0 atom stereocenters. The van der Waals surface area contributed by atoms with Crippen LogP contribution < -0.4 is 11.1 Å². The van der Waals surface area contributed by atoms with Crippen molar-refractivity contribution in [3.8, 4) is 0 Å². The minimum absolute atomic E-state index is 0.0370. The lowest BCUT2D eigenvalue weighted by Crippen LogP contribution is -2.57. The number of nitrogens with two attached hydrogens (primary N) is 1. The minimum Gasteiger partial charge on any atom is -0.381 e. The summed E-state index contributed by atoms with van der Waals surface area (Å²) < 4.78 is 18.8. The molecule has 0 saturated carbocycles. The first-order valence-corrected chi connectivity index (χ1v) is 6.47. The number of halogens is 1. The standard InChI is InChI=1S/C14H19FN2O2/c15-12-4-2-1-3-11(12)9-13(18)17-14(10-16)5-7-19-8-6-14/h1-4H,5-10,16H2,(H,17,18). The smallest absolute Gasteiger partial charge is 0.225 e. The number of nitrogens with one attached hydrogen (secondary N) is 1. The Hall–Kier alpha value is -1.46. The van der Waals surface area contributed by atoms with Gasteiger partial charge in [-0.25, -0.2) is 4.39 Å². The number of hydrogen-bond acceptors (Lipinski definition) is 3. The van der Waals surface area contributed by atoms with Crippen LogP contribution in [0.2, 0.25) is 0 Å². The average Bonchev–Trinajstić information content (AvgIpc) is 2.42. The Kier molecular flexibility index (Phi) is 4.50. The summed E-state index contributed by atoms with van der Waals surface area (Å²) in [6.45, 7) is 1.56. The van der Waals surface area contributed by atoms with Crippen LogP contribution in [0.3, 0.4) is 0 Å². The molecule has 3 N–H and O–H groups in total. The average molecular weight is 266 g/mol. The number of hydrogen-bond donors (Lipinski definition) is 2. The fraction of sp³-hybridized carbons (Fsp3) is 0.500. The molecule has 19 heavy (non-hydrogen) atoms. The third-order valence-corrected chi connectivity index (χ3v) is 3.55. The maximum atomic E-state index is 13.5. The van der Waals surface area contributed by atoms with Crippen LogP contribution in [-0.4, -0.2) is 31.2 Å². The predicted octanol–water partition coefficient (Wildman–Crippen LogP) is 0.992. The number of benzene rings is 1. The monoisotopic (exact) mass is 266 g/mol. The van der Waals surface area contributed by atoms with E-state index in [9.17, 15) is 9.18 Å². The van der Waals surface area contributed by atoms with Gasteiger partial charge >= 0.3 is 0 Å². The Labute approximate surface area is 112 Å². The van der Waals surface area contributed by atoms with E-state index in [1.807, 2.05) is 0 Å². The van der Waals surface area contributed by atoms with Crippen LogP contribution in [-0.2, 0) is 16.0 Å². The summed E-state index contributed by atoms with van der Waals surface area (Å²) in [5, 5.41) is 2.95. The lowest BCUT2D eigenvalue weighted by atomic mass is 9.90. The molecule has 1 aliphatic rings. The summed E-state index contributed by atoms with van der Waals surface area (Å²) >= 11 is 0. The molecule has 1 aromatic carbocycles. The lowest BCUT2D eigenvalue weighted by molar-refractivity contribution is -0.123. The Morgan fingerprint density at radius 1 is 1.37 bits per heavy atom. The van der Waals surface area contributed by atoms with Gasteiger partial charge in [0.05, 0.1) is 12.0 Å². The van der Waals surface area contributed by atoms with E-state index in [1.54, 1.807) is 18.2 Å². The summed E-state index contributed by atoms with van der Waals surface area (Å²) in [6.07, 6.45) is 1.44. The molecular formula is C14H19FN2O2. The fourth-order valence-corrected chi connectivity index (χ4v) is 2.30. The van der Waals surface area contributed by atoms with Gasteiger partial charge in [-0.3, -0.25) is 4.79 Å². The molecule has 1 heterocycles. The minimum atomic E-state index is -0.402. The molecule has 1 amide bonds. The highest BCUT2D eigenvalue weighted by Crippen LogP contribution is 2.19. The van der Waals surface area contributed by atoms with Crippen LogP contribution in [0.4, 0.5) is 4.39 Å². The van der Waals surface area contributed by atoms with E-state index in [2.05, 4.69) is 5.32 Å². The highest BCUT2D eigenvalue weighted by Gasteiger charge is 2.32. The van der Waals surface area contributed by atoms with Gasteiger partial charge in [0.1, 0.15) is 5.82 Å². The third kappa shape index (κ3) is 3.52. The second-order valence-electron chi connectivity index (χ2n) is 4.91. The molecule has 0 spiro atoms. The summed E-state index contributed by atoms with van der Waals surface area (Å²) in [5.41, 5.74) is 5.77. The zero-order chi connectivity index (χ0) is 13.7. The summed E-state index contributed by atoms with van der Waals surface area (Å²) in [7, 11) is 0. The van der Waals surface area contributed by atoms with E-state index in [1.165, 1.54) is 6.07 Å². The molecule has 0 aromatic heterocycles. The summed E-state index contributed by atoms with van der Waals surface area (Å²) in [6, 6.07) is 6.30. The summed E-state index contributed by atoms with van der Waals surface area (Å²) in [5.74, 6) is -0.552. The Bertz CT molecular complexity index is 445. The van der Waals surface area contributed by atoms with Crippen LogP contribution >= 0.6 is 0 Å². The van der Waals surface area contributed by atoms with Crippen molar-refractivity contribution in [1.29, 1.82) is 0 Å². The SMILES string of the molecule is NCC1(NC(=O)Cc2ccccc2F)CCOCC1. The van der Waals surface area contributed by atoms with Gasteiger partial charge in [0.15, 0.2) is 0 Å². The predicted molar refractivity (Wildman–Crippen MR) is 70.1 cm³/mol. The maximum absolute atomic E-state index is 13.5. The lowest BCUT2D eigenvalue weighted by Gasteiger charge is -2.37. The summed E-state index contributed by atoms with van der Waals surface area (Å²) in [4.78, 5) is 12.0. The van der Waals surface area contributed by atoms with Crippen molar-refractivity contribution in [3.63, 3.8) is 0 Å². The van der Waals surface area contributed by atoms with Crippen molar-refractivity contribution in [2.24, 2.45) is 5.73 Å². The Morgan fingerprint density at radius 2 is 2.05 bits per heavy atom. The quantitative estimate of drug-likeness (QED) is 0.854. The van der Waals surface area contributed by atoms with Crippen LogP contribution in [0.15, 0.2) is 24.3 Å². The first-order valence-electron chi connectivity index (χ1n) is 6.47. The number of rotatable bonds is 4. The van der Waals surface area contributed by atoms with Crippen molar-refractivity contribution >= 4 is 5.91 Å². The molecule has 0 radical (unpaired) electrons. The van der Waals surface area contributed by atoms with Crippen LogP contribution in [0.1, 0.15) is 18.4 Å². The molecule has 0 unspecified atom stereocenters. The van der Waals surface area contributed by atoms with E-state index in [-0.39, 0.29) is 18.1 Å². The Morgan fingerprint density at radius 3 is 2.68 bits per heavy atom. The van der Waals surface area contributed by atoms with Gasteiger partial charge in [0, 0.05) is 19.8 Å². The molecule has 5 heteroatoms. The third-order valence-electron chi connectivity index (χ3n) is 3.55. The molecule has 1 aliphatic heterocycles. The first-order chi connectivity index (χ1) is 9.15. The van der Waals surface area contributed by atoms with Crippen LogP contribution in [0.25, 0.3) is 0 Å². The fourth-order valence-electron chi connectivity index (χ4n) is 2.30. The van der Waals surface area contributed by atoms with Crippen molar-refractivity contribution in [2.45, 2.75) is 24.8 Å². The molecule has 1 fully saturated rings. The van der Waals surface area contributed by atoms with Gasteiger partial charge in [-0.2, -0.15) is 0 Å². The molecule has 4 nitrogen and oxygen atoms in total. The van der Waals surface area contributed by atoms with Gasteiger partial charge in [-0.05, 0) is 24.5 Å². The van der Waals surface area contributed by atoms with Crippen LogP contribution in [0, 0.1) is 5.82 Å². The molecule has 1 aromatic rings. The van der Waals surface area contributed by atoms with E-state index in [4.69, 9.17) is 10.5 Å². The molecule has 0 bridgehead atoms. The van der Waals surface area contributed by atoms with E-state index < -0.39 is 5.54 Å². The normalized spacial score (nSPS) is 18.0. The molecule has 1 saturated heterocycles. The number of carbonyl (C=O) groups is 1. The zero-order valence-electron chi connectivity index (χ0n) is 10.8. The van der Waals surface area contributed by atoms with Crippen LogP contribution in [0.5, 0.6) is 0 Å². The Balaban J connectivity index is 1.98. The highest BCUT2D eigenvalue weighted by atomic mass is 19.1. The van der Waals surface area contributed by atoms with E-state index in [0.717, 1.165) is 0 Å². The van der Waals surface area contributed by atoms with Gasteiger partial charge < -0.3 is 15.8 Å². The molecule has 104 valence electrons. The number of ether oxygens (including phenoxy) is 1. The topological polar surface area (TPSA) is 64.3 Å². The van der Waals surface area contributed by atoms with Crippen molar-refractivity contribution in [2.75, 3.05) is 19.8 Å². The van der Waals surface area contributed by atoms with Gasteiger partial charge in [0.2, 0.25) is 5.91 Å². The van der Waals surface area contributed by atoms with E-state index in [0.29, 0.717) is 38.2 Å². The van der Waals surface area contributed by atoms with Gasteiger partial charge in [0.25, 0.3) is 0 Å². The van der Waals surface area contributed by atoms with Gasteiger partial charge in [-0.1, -0.05) is 18.2 Å². The zero-order valence-corrected chi connectivity index (χ0v) is 10.8. The number of amides is 1. The molecule has 0 aliphatic carbocycles. The second kappa shape index (κ2) is 6.12. The molecule has 2 rings (SSSR count). The van der Waals surface area contributed by atoms with E-state index >= 15 is 0 Å². The van der Waals surface area contributed by atoms with Gasteiger partial charge in [-0.15, -0.1) is 0 Å². The molecular weight excluding hydrogens is 247 g/mol. The van der Waals surface area contributed by atoms with Crippen molar-refractivity contribution in [1.82, 2.24) is 5.32 Å².